The molecule has 156 valence electrons. The summed E-state index contributed by atoms with van der Waals surface area (Å²) in [6, 6.07) is -0.0796. The van der Waals surface area contributed by atoms with Gasteiger partial charge in [-0.05, 0) is 53.8 Å². The summed E-state index contributed by atoms with van der Waals surface area (Å²) in [5, 5.41) is 20.2. The second kappa shape index (κ2) is 12.8. The van der Waals surface area contributed by atoms with Crippen LogP contribution < -0.4 is 15.8 Å². The number of aliphatic hydroxyl groups is 1. The SMILES string of the molecule is CCC1=CC(Nc2ncc(Br)c(N[C@H](C)CO)n2)=CCC(CC)=C1.CS(N)=O. The topological polar surface area (TPSA) is 113 Å². The molecule has 0 bridgehead atoms. The smallest absolute Gasteiger partial charge is 0.229 e. The van der Waals surface area contributed by atoms with E-state index >= 15 is 0 Å². The van der Waals surface area contributed by atoms with Gasteiger partial charge >= 0.3 is 0 Å². The van der Waals surface area contributed by atoms with Crippen LogP contribution in [0.2, 0.25) is 0 Å². The van der Waals surface area contributed by atoms with Crippen LogP contribution in [0.5, 0.6) is 0 Å². The van der Waals surface area contributed by atoms with Gasteiger partial charge in [-0.15, -0.1) is 0 Å². The number of aliphatic hydroxyl groups excluding tert-OH is 1. The molecule has 1 aliphatic carbocycles. The van der Waals surface area contributed by atoms with Crippen molar-refractivity contribution in [3.8, 4) is 0 Å². The van der Waals surface area contributed by atoms with Gasteiger partial charge in [0.05, 0.1) is 22.1 Å². The van der Waals surface area contributed by atoms with Crippen LogP contribution in [0.1, 0.15) is 40.0 Å². The number of anilines is 2. The summed E-state index contributed by atoms with van der Waals surface area (Å²) in [5.74, 6) is 1.19. The average molecular weight is 472 g/mol. The van der Waals surface area contributed by atoms with Crippen LogP contribution >= 0.6 is 15.9 Å². The van der Waals surface area contributed by atoms with E-state index in [4.69, 9.17) is 0 Å². The predicted molar refractivity (Wildman–Crippen MR) is 121 cm³/mol. The van der Waals surface area contributed by atoms with Crippen molar-refractivity contribution in [1.82, 2.24) is 9.97 Å². The van der Waals surface area contributed by atoms with E-state index in [9.17, 15) is 9.32 Å². The summed E-state index contributed by atoms with van der Waals surface area (Å²) < 4.78 is 10.1. The number of hydrogen-bond acceptors (Lipinski definition) is 6. The van der Waals surface area contributed by atoms with Crippen LogP contribution in [0.3, 0.4) is 0 Å². The molecule has 7 nitrogen and oxygen atoms in total. The third-order valence-electron chi connectivity index (χ3n) is 3.83. The number of nitrogens with zero attached hydrogens (tertiary/aromatic N) is 2. The largest absolute Gasteiger partial charge is 0.394 e. The zero-order chi connectivity index (χ0) is 21.1. The van der Waals surface area contributed by atoms with E-state index in [1.54, 1.807) is 6.20 Å². The molecule has 2 atom stereocenters. The molecular weight excluding hydrogens is 442 g/mol. The second-order valence-electron chi connectivity index (χ2n) is 6.33. The molecule has 9 heteroatoms. The summed E-state index contributed by atoms with van der Waals surface area (Å²) in [6.45, 7) is 6.28. The molecule has 0 saturated carbocycles. The van der Waals surface area contributed by atoms with Crippen molar-refractivity contribution >= 4 is 38.7 Å². The molecule has 0 spiro atoms. The number of aromatic nitrogens is 2. The van der Waals surface area contributed by atoms with Gasteiger partial charge in [-0.2, -0.15) is 4.98 Å². The Balaban J connectivity index is 0.000000892. The van der Waals surface area contributed by atoms with Crippen molar-refractivity contribution in [2.24, 2.45) is 5.14 Å². The molecule has 0 fully saturated rings. The first-order valence-corrected chi connectivity index (χ1v) is 11.5. The molecule has 0 aromatic carbocycles. The van der Waals surface area contributed by atoms with Gasteiger partial charge in [0.25, 0.3) is 0 Å². The molecule has 1 heterocycles. The maximum Gasteiger partial charge on any atom is 0.229 e. The highest BCUT2D eigenvalue weighted by molar-refractivity contribution is 9.10. The highest BCUT2D eigenvalue weighted by Crippen LogP contribution is 2.24. The fourth-order valence-electron chi connectivity index (χ4n) is 2.34. The highest BCUT2D eigenvalue weighted by atomic mass is 79.9. The minimum atomic E-state index is -1.11. The van der Waals surface area contributed by atoms with Crippen molar-refractivity contribution in [2.75, 3.05) is 23.5 Å². The summed E-state index contributed by atoms with van der Waals surface area (Å²) >= 11 is 3.43. The molecule has 1 aliphatic rings. The van der Waals surface area contributed by atoms with Crippen molar-refractivity contribution in [3.63, 3.8) is 0 Å². The summed E-state index contributed by atoms with van der Waals surface area (Å²) in [5.41, 5.74) is 3.73. The standard InChI is InChI=1S/C18H25BrN4O.CH5NOS/c1-4-13-6-7-15(9-14(5-2)8-13)22-18-20-10-16(19)17(23-18)21-12(3)11-24;1-4(2)3/h7-10,12,24H,4-6,11H2,1-3H3,(H2,20,21,22,23);2H2,1H3/t12-;/m1./s1. The van der Waals surface area contributed by atoms with E-state index < -0.39 is 11.0 Å². The Bertz CT molecular complexity index is 761. The second-order valence-corrected chi connectivity index (χ2v) is 8.19. The van der Waals surface area contributed by atoms with E-state index in [2.05, 4.69) is 73.7 Å². The van der Waals surface area contributed by atoms with Gasteiger partial charge in [0.2, 0.25) is 5.95 Å². The third kappa shape index (κ3) is 9.09. The van der Waals surface area contributed by atoms with Crippen LogP contribution in [-0.2, 0) is 11.0 Å². The lowest BCUT2D eigenvalue weighted by atomic mass is 10.1. The van der Waals surface area contributed by atoms with Gasteiger partial charge in [-0.25, -0.2) is 9.19 Å². The lowest BCUT2D eigenvalue weighted by Gasteiger charge is -2.14. The van der Waals surface area contributed by atoms with Crippen LogP contribution in [-0.4, -0.2) is 38.2 Å². The molecular formula is C19H30BrN5O2S. The number of nitrogens with one attached hydrogen (secondary N) is 2. The quantitative estimate of drug-likeness (QED) is 0.482. The molecule has 5 N–H and O–H groups in total. The lowest BCUT2D eigenvalue weighted by molar-refractivity contribution is 0.281. The zero-order valence-electron chi connectivity index (χ0n) is 16.8. The molecule has 0 saturated heterocycles. The van der Waals surface area contributed by atoms with Gasteiger partial charge in [0.15, 0.2) is 0 Å². The number of allylic oxidation sites excluding steroid dienone is 5. The number of hydrogen-bond donors (Lipinski definition) is 4. The molecule has 0 amide bonds. The van der Waals surface area contributed by atoms with Crippen LogP contribution in [0.15, 0.2) is 45.7 Å². The van der Waals surface area contributed by atoms with E-state index in [0.717, 1.165) is 29.4 Å². The highest BCUT2D eigenvalue weighted by Gasteiger charge is 2.10. The average Bonchev–Trinajstić information content (AvgIpc) is 2.85. The molecule has 1 unspecified atom stereocenters. The first-order valence-electron chi connectivity index (χ1n) is 9.13. The monoisotopic (exact) mass is 471 g/mol. The van der Waals surface area contributed by atoms with Gasteiger partial charge in [0.1, 0.15) is 5.82 Å². The first kappa shape index (κ1) is 24.5. The summed E-state index contributed by atoms with van der Waals surface area (Å²) in [7, 11) is -1.11. The van der Waals surface area contributed by atoms with Crippen molar-refractivity contribution in [3.05, 3.63) is 45.7 Å². The number of nitrogens with two attached hydrogens (primary N) is 1. The van der Waals surface area contributed by atoms with Crippen molar-refractivity contribution in [2.45, 2.75) is 46.1 Å². The normalized spacial score (nSPS) is 15.8. The van der Waals surface area contributed by atoms with Crippen LogP contribution in [0.25, 0.3) is 0 Å². The minimum Gasteiger partial charge on any atom is -0.394 e. The Morgan fingerprint density at radius 3 is 2.61 bits per heavy atom. The van der Waals surface area contributed by atoms with Crippen LogP contribution in [0.4, 0.5) is 11.8 Å². The molecule has 2 rings (SSSR count). The van der Waals surface area contributed by atoms with Gasteiger partial charge < -0.3 is 15.7 Å². The minimum absolute atomic E-state index is 0.0401. The van der Waals surface area contributed by atoms with E-state index in [0.29, 0.717) is 11.8 Å². The Kier molecular flexibility index (Phi) is 11.2. The first-order chi connectivity index (χ1) is 13.3. The molecule has 0 radical (unpaired) electrons. The zero-order valence-corrected chi connectivity index (χ0v) is 19.2. The maximum absolute atomic E-state index is 9.33. The fraction of sp³-hybridized carbons (Fsp3) is 0.474. The van der Waals surface area contributed by atoms with E-state index in [1.165, 1.54) is 17.4 Å². The lowest BCUT2D eigenvalue weighted by Crippen LogP contribution is -2.20. The molecule has 1 aromatic heterocycles. The summed E-state index contributed by atoms with van der Waals surface area (Å²) in [6.07, 6.45) is 12.7. The van der Waals surface area contributed by atoms with Crippen molar-refractivity contribution in [1.29, 1.82) is 0 Å². The Labute approximate surface area is 178 Å². The third-order valence-corrected chi connectivity index (χ3v) is 4.41. The Hall–Kier alpha value is -1.55. The molecule has 0 aliphatic heterocycles. The van der Waals surface area contributed by atoms with Gasteiger partial charge in [-0.1, -0.05) is 31.6 Å². The van der Waals surface area contributed by atoms with E-state index in [1.807, 2.05) is 6.92 Å². The molecule has 1 aromatic rings. The number of halogens is 1. The fourth-order valence-corrected chi connectivity index (χ4v) is 2.64. The van der Waals surface area contributed by atoms with Gasteiger partial charge in [-0.3, -0.25) is 5.14 Å². The van der Waals surface area contributed by atoms with Crippen molar-refractivity contribution < 1.29 is 9.32 Å². The maximum atomic E-state index is 9.33. The predicted octanol–water partition coefficient (Wildman–Crippen LogP) is 3.64. The van der Waals surface area contributed by atoms with E-state index in [-0.39, 0.29) is 12.6 Å². The number of rotatable bonds is 7. The summed E-state index contributed by atoms with van der Waals surface area (Å²) in [4.78, 5) is 8.82. The van der Waals surface area contributed by atoms with Crippen LogP contribution in [0, 0.1) is 0 Å². The Morgan fingerprint density at radius 2 is 2.04 bits per heavy atom. The van der Waals surface area contributed by atoms with Gasteiger partial charge in [0, 0.05) is 24.2 Å². The molecule has 28 heavy (non-hydrogen) atoms. The Morgan fingerprint density at radius 1 is 1.36 bits per heavy atom.